The van der Waals surface area contributed by atoms with Gasteiger partial charge in [-0.3, -0.25) is 0 Å². The summed E-state index contributed by atoms with van der Waals surface area (Å²) >= 11 is 1.51. The van der Waals surface area contributed by atoms with Crippen LogP contribution in [0.5, 0.6) is 5.75 Å². The van der Waals surface area contributed by atoms with Crippen molar-refractivity contribution in [2.24, 2.45) is 7.05 Å². The molecule has 0 saturated heterocycles. The number of imidazole rings is 1. The molecule has 0 aliphatic carbocycles. The monoisotopic (exact) mass is 368 g/mol. The highest BCUT2D eigenvalue weighted by Crippen LogP contribution is 2.31. The zero-order valence-electron chi connectivity index (χ0n) is 14.2. The highest BCUT2D eigenvalue weighted by atomic mass is 32.1. The van der Waals surface area contributed by atoms with Crippen LogP contribution in [0.15, 0.2) is 36.4 Å². The lowest BCUT2D eigenvalue weighted by Crippen LogP contribution is -1.98. The Bertz CT molecular complexity index is 1130. The smallest absolute Gasteiger partial charge is 0.335 e. The largest absolute Gasteiger partial charge is 0.494 e. The molecule has 0 unspecified atom stereocenters. The lowest BCUT2D eigenvalue weighted by Gasteiger charge is -2.02. The van der Waals surface area contributed by atoms with E-state index in [1.54, 1.807) is 18.2 Å². The number of aryl methyl sites for hydroxylation is 1. The van der Waals surface area contributed by atoms with Crippen molar-refractivity contribution in [1.29, 1.82) is 0 Å². The van der Waals surface area contributed by atoms with Gasteiger partial charge in [0.2, 0.25) is 5.95 Å². The average molecular weight is 368 g/mol. The van der Waals surface area contributed by atoms with E-state index >= 15 is 0 Å². The van der Waals surface area contributed by atoms with E-state index in [-0.39, 0.29) is 5.56 Å². The summed E-state index contributed by atoms with van der Waals surface area (Å²) in [5.41, 5.74) is 2.56. The van der Waals surface area contributed by atoms with E-state index in [4.69, 9.17) is 9.84 Å². The Kier molecular flexibility index (Phi) is 3.96. The van der Waals surface area contributed by atoms with Gasteiger partial charge in [-0.05, 0) is 43.3 Å². The normalized spacial score (nSPS) is 11.2. The number of benzene rings is 2. The third kappa shape index (κ3) is 2.84. The highest BCUT2D eigenvalue weighted by Gasteiger charge is 2.13. The van der Waals surface area contributed by atoms with Crippen LogP contribution < -0.4 is 10.1 Å². The van der Waals surface area contributed by atoms with Crippen LogP contribution in [0.4, 0.5) is 11.1 Å². The SMILES string of the molecule is CCOc1ccc2nc(Nc3nc4cc(C(=O)O)ccc4n3C)sc2c1. The van der Waals surface area contributed by atoms with E-state index in [2.05, 4.69) is 15.3 Å². The third-order valence-corrected chi connectivity index (χ3v) is 4.95. The quantitative estimate of drug-likeness (QED) is 0.553. The van der Waals surface area contributed by atoms with Gasteiger partial charge in [0.15, 0.2) is 5.13 Å². The van der Waals surface area contributed by atoms with Crippen LogP contribution in [-0.4, -0.2) is 32.2 Å². The van der Waals surface area contributed by atoms with Gasteiger partial charge < -0.3 is 19.7 Å². The fourth-order valence-corrected chi connectivity index (χ4v) is 3.64. The summed E-state index contributed by atoms with van der Waals surface area (Å²) in [6.07, 6.45) is 0. The number of aromatic nitrogens is 3. The summed E-state index contributed by atoms with van der Waals surface area (Å²) in [5, 5.41) is 13.1. The summed E-state index contributed by atoms with van der Waals surface area (Å²) in [5.74, 6) is 0.453. The Morgan fingerprint density at radius 1 is 1.23 bits per heavy atom. The Morgan fingerprint density at radius 3 is 2.85 bits per heavy atom. The number of carboxylic acid groups (broad SMARTS) is 1. The number of hydrogen-bond donors (Lipinski definition) is 2. The number of hydrogen-bond acceptors (Lipinski definition) is 6. The van der Waals surface area contributed by atoms with E-state index in [9.17, 15) is 4.79 Å². The van der Waals surface area contributed by atoms with Gasteiger partial charge in [0.05, 0.1) is 33.4 Å². The van der Waals surface area contributed by atoms with Crippen molar-refractivity contribution in [2.45, 2.75) is 6.92 Å². The van der Waals surface area contributed by atoms with Crippen molar-refractivity contribution in [3.05, 3.63) is 42.0 Å². The molecule has 0 fully saturated rings. The second-order valence-corrected chi connectivity index (χ2v) is 6.74. The molecule has 4 rings (SSSR count). The molecule has 4 aromatic rings. The molecule has 0 radical (unpaired) electrons. The number of nitrogens with zero attached hydrogens (tertiary/aromatic N) is 3. The second kappa shape index (κ2) is 6.30. The van der Waals surface area contributed by atoms with Crippen molar-refractivity contribution in [1.82, 2.24) is 14.5 Å². The van der Waals surface area contributed by atoms with Gasteiger partial charge in [-0.25, -0.2) is 14.8 Å². The molecule has 0 saturated carbocycles. The zero-order valence-corrected chi connectivity index (χ0v) is 15.0. The summed E-state index contributed by atoms with van der Waals surface area (Å²) in [6, 6.07) is 10.7. The first-order valence-corrected chi connectivity index (χ1v) is 8.87. The maximum Gasteiger partial charge on any atom is 0.335 e. The van der Waals surface area contributed by atoms with Gasteiger partial charge in [0.1, 0.15) is 5.75 Å². The number of aromatic carboxylic acids is 1. The van der Waals surface area contributed by atoms with Crippen LogP contribution in [0, 0.1) is 0 Å². The Hall–Kier alpha value is -3.13. The first-order valence-electron chi connectivity index (χ1n) is 8.05. The minimum Gasteiger partial charge on any atom is -0.494 e. The van der Waals surface area contributed by atoms with E-state index in [0.29, 0.717) is 23.2 Å². The number of thiazole rings is 1. The van der Waals surface area contributed by atoms with Crippen LogP contribution in [0.1, 0.15) is 17.3 Å². The van der Waals surface area contributed by atoms with Gasteiger partial charge in [0, 0.05) is 7.05 Å². The number of nitrogens with one attached hydrogen (secondary N) is 1. The topological polar surface area (TPSA) is 89.3 Å². The fraction of sp³-hybridized carbons (Fsp3) is 0.167. The fourth-order valence-electron chi connectivity index (χ4n) is 2.76. The minimum absolute atomic E-state index is 0.214. The van der Waals surface area contributed by atoms with Crippen LogP contribution in [0.25, 0.3) is 21.3 Å². The van der Waals surface area contributed by atoms with Crippen molar-refractivity contribution in [2.75, 3.05) is 11.9 Å². The van der Waals surface area contributed by atoms with Gasteiger partial charge in [-0.2, -0.15) is 0 Å². The molecule has 2 aromatic heterocycles. The first kappa shape index (κ1) is 16.3. The Balaban J connectivity index is 1.69. The Morgan fingerprint density at radius 2 is 2.08 bits per heavy atom. The molecule has 2 N–H and O–H groups in total. The molecule has 0 atom stereocenters. The van der Waals surface area contributed by atoms with E-state index < -0.39 is 5.97 Å². The van der Waals surface area contributed by atoms with E-state index in [1.807, 2.05) is 36.7 Å². The maximum absolute atomic E-state index is 11.1. The number of rotatable bonds is 5. The van der Waals surface area contributed by atoms with Gasteiger partial charge in [0.25, 0.3) is 0 Å². The molecular formula is C18H16N4O3S. The minimum atomic E-state index is -0.969. The van der Waals surface area contributed by atoms with E-state index in [0.717, 1.165) is 21.5 Å². The van der Waals surface area contributed by atoms with Crippen LogP contribution in [0.2, 0.25) is 0 Å². The van der Waals surface area contributed by atoms with Gasteiger partial charge >= 0.3 is 5.97 Å². The molecule has 0 bridgehead atoms. The predicted molar refractivity (Wildman–Crippen MR) is 102 cm³/mol. The lowest BCUT2D eigenvalue weighted by molar-refractivity contribution is 0.0697. The number of ether oxygens (including phenoxy) is 1. The molecule has 7 nitrogen and oxygen atoms in total. The number of anilines is 2. The highest BCUT2D eigenvalue weighted by molar-refractivity contribution is 7.22. The van der Waals surface area contributed by atoms with Crippen molar-refractivity contribution in [3.63, 3.8) is 0 Å². The first-order chi connectivity index (χ1) is 12.5. The number of fused-ring (bicyclic) bond motifs is 2. The van der Waals surface area contributed by atoms with Gasteiger partial charge in [-0.15, -0.1) is 0 Å². The van der Waals surface area contributed by atoms with Crippen LogP contribution in [0.3, 0.4) is 0 Å². The molecule has 0 aliphatic rings. The average Bonchev–Trinajstić information content (AvgIpc) is 3.15. The van der Waals surface area contributed by atoms with Crippen molar-refractivity contribution >= 4 is 49.6 Å². The molecule has 0 aliphatic heterocycles. The molecular weight excluding hydrogens is 352 g/mol. The predicted octanol–water partition coefficient (Wildman–Crippen LogP) is 4.02. The summed E-state index contributed by atoms with van der Waals surface area (Å²) in [6.45, 7) is 2.57. The summed E-state index contributed by atoms with van der Waals surface area (Å²) in [4.78, 5) is 20.2. The summed E-state index contributed by atoms with van der Waals surface area (Å²) in [7, 11) is 1.87. The standard InChI is InChI=1S/C18H16N4O3S/c1-3-25-11-5-6-12-15(9-11)26-18(20-12)21-17-19-13-8-10(16(23)24)4-7-14(13)22(17)2/h4-9H,3H2,1-2H3,(H,23,24)(H,19,20,21). The summed E-state index contributed by atoms with van der Waals surface area (Å²) < 4.78 is 8.42. The third-order valence-electron chi connectivity index (χ3n) is 4.02. The van der Waals surface area contributed by atoms with Gasteiger partial charge in [-0.1, -0.05) is 11.3 Å². The number of carbonyl (C=O) groups is 1. The molecule has 0 spiro atoms. The van der Waals surface area contributed by atoms with Crippen molar-refractivity contribution < 1.29 is 14.6 Å². The zero-order chi connectivity index (χ0) is 18.3. The molecule has 132 valence electrons. The molecule has 26 heavy (non-hydrogen) atoms. The molecule has 0 amide bonds. The second-order valence-electron chi connectivity index (χ2n) is 5.71. The van der Waals surface area contributed by atoms with E-state index in [1.165, 1.54) is 11.3 Å². The maximum atomic E-state index is 11.1. The van der Waals surface area contributed by atoms with Crippen LogP contribution >= 0.6 is 11.3 Å². The number of carboxylic acids is 1. The Labute approximate surface area is 152 Å². The van der Waals surface area contributed by atoms with Crippen molar-refractivity contribution in [3.8, 4) is 5.75 Å². The molecule has 2 heterocycles. The lowest BCUT2D eigenvalue weighted by atomic mass is 10.2. The molecule has 8 heteroatoms. The molecule has 2 aromatic carbocycles. The van der Waals surface area contributed by atoms with Crippen LogP contribution in [-0.2, 0) is 7.05 Å².